The first-order valence-corrected chi connectivity index (χ1v) is 10.2. The SMILES string of the molecule is Cc1ccc(C(=O)N2CCCC3(CCC(=O)N(Cc4cnc(C)cn4)C3)C2)cn1. The molecule has 7 heteroatoms. The largest absolute Gasteiger partial charge is 0.338 e. The Morgan fingerprint density at radius 1 is 1.03 bits per heavy atom. The Morgan fingerprint density at radius 3 is 2.59 bits per heavy atom. The van der Waals surface area contributed by atoms with Gasteiger partial charge in [-0.25, -0.2) is 0 Å². The van der Waals surface area contributed by atoms with E-state index >= 15 is 0 Å². The van der Waals surface area contributed by atoms with Crippen LogP contribution in [-0.2, 0) is 11.3 Å². The summed E-state index contributed by atoms with van der Waals surface area (Å²) >= 11 is 0. The third kappa shape index (κ3) is 4.28. The van der Waals surface area contributed by atoms with Gasteiger partial charge in [-0.2, -0.15) is 0 Å². The minimum absolute atomic E-state index is 0.0319. The molecule has 0 aliphatic carbocycles. The molecule has 2 fully saturated rings. The van der Waals surface area contributed by atoms with Crippen molar-refractivity contribution in [3.8, 4) is 0 Å². The van der Waals surface area contributed by atoms with E-state index in [9.17, 15) is 9.59 Å². The predicted octanol–water partition coefficient (Wildman–Crippen LogP) is 2.53. The first-order chi connectivity index (χ1) is 13.9. The van der Waals surface area contributed by atoms with Crippen LogP contribution >= 0.6 is 0 Å². The van der Waals surface area contributed by atoms with Crippen LogP contribution in [0.25, 0.3) is 0 Å². The number of carbonyl (C=O) groups excluding carboxylic acids is 2. The van der Waals surface area contributed by atoms with Crippen molar-refractivity contribution in [3.63, 3.8) is 0 Å². The number of piperidine rings is 2. The third-order valence-electron chi connectivity index (χ3n) is 6.04. The summed E-state index contributed by atoms with van der Waals surface area (Å²) in [4.78, 5) is 42.3. The number of pyridine rings is 1. The number of nitrogens with zero attached hydrogens (tertiary/aromatic N) is 5. The summed E-state index contributed by atoms with van der Waals surface area (Å²) in [5.74, 6) is 0.189. The van der Waals surface area contributed by atoms with Gasteiger partial charge in [0.2, 0.25) is 5.91 Å². The molecule has 0 radical (unpaired) electrons. The number of rotatable bonds is 3. The molecule has 2 aliphatic heterocycles. The molecule has 7 nitrogen and oxygen atoms in total. The number of aromatic nitrogens is 3. The molecule has 2 saturated heterocycles. The molecule has 1 unspecified atom stereocenters. The van der Waals surface area contributed by atoms with Gasteiger partial charge in [-0.3, -0.25) is 24.5 Å². The topological polar surface area (TPSA) is 79.3 Å². The normalized spacial score (nSPS) is 22.2. The zero-order chi connectivity index (χ0) is 20.4. The summed E-state index contributed by atoms with van der Waals surface area (Å²) < 4.78 is 0. The maximum Gasteiger partial charge on any atom is 0.255 e. The Balaban J connectivity index is 1.47. The van der Waals surface area contributed by atoms with Crippen molar-refractivity contribution in [2.24, 2.45) is 5.41 Å². The molecule has 0 bridgehead atoms. The highest BCUT2D eigenvalue weighted by Gasteiger charge is 2.42. The molecule has 4 heterocycles. The van der Waals surface area contributed by atoms with Crippen LogP contribution in [0.5, 0.6) is 0 Å². The lowest BCUT2D eigenvalue weighted by molar-refractivity contribution is -0.139. The Labute approximate surface area is 171 Å². The minimum Gasteiger partial charge on any atom is -0.338 e. The molecule has 1 atom stereocenters. The van der Waals surface area contributed by atoms with Crippen molar-refractivity contribution in [1.82, 2.24) is 24.8 Å². The number of likely N-dealkylation sites (tertiary alicyclic amines) is 2. The highest BCUT2D eigenvalue weighted by Crippen LogP contribution is 2.39. The molecular formula is C22H27N5O2. The number of aryl methyl sites for hydroxylation is 2. The van der Waals surface area contributed by atoms with Crippen LogP contribution in [0.3, 0.4) is 0 Å². The first kappa shape index (κ1) is 19.5. The number of hydrogen-bond donors (Lipinski definition) is 0. The monoisotopic (exact) mass is 393 g/mol. The van der Waals surface area contributed by atoms with Gasteiger partial charge in [-0.1, -0.05) is 0 Å². The summed E-state index contributed by atoms with van der Waals surface area (Å²) in [5, 5.41) is 0. The van der Waals surface area contributed by atoms with Crippen LogP contribution in [0.2, 0.25) is 0 Å². The zero-order valence-electron chi connectivity index (χ0n) is 17.1. The molecule has 2 aliphatic rings. The van der Waals surface area contributed by atoms with Crippen LogP contribution in [0.15, 0.2) is 30.7 Å². The fraction of sp³-hybridized carbons (Fsp3) is 0.500. The van der Waals surface area contributed by atoms with Gasteiger partial charge in [0, 0.05) is 49.6 Å². The van der Waals surface area contributed by atoms with Gasteiger partial charge < -0.3 is 9.80 Å². The van der Waals surface area contributed by atoms with Crippen molar-refractivity contribution in [2.75, 3.05) is 19.6 Å². The third-order valence-corrected chi connectivity index (χ3v) is 6.04. The standard InChI is InChI=1S/C22H27N5O2/c1-16-4-5-18(11-23-16)21(29)26-9-3-7-22(14-26)8-6-20(28)27(15-22)13-19-12-24-17(2)10-25-19/h4-5,10-12H,3,6-9,13-15H2,1-2H3. The van der Waals surface area contributed by atoms with Crippen LogP contribution in [0.1, 0.15) is 53.1 Å². The molecular weight excluding hydrogens is 366 g/mol. The molecule has 2 aromatic rings. The highest BCUT2D eigenvalue weighted by molar-refractivity contribution is 5.94. The predicted molar refractivity (Wildman–Crippen MR) is 108 cm³/mol. The summed E-state index contributed by atoms with van der Waals surface area (Å²) in [5.41, 5.74) is 3.15. The van der Waals surface area contributed by atoms with Gasteiger partial charge in [0.1, 0.15) is 0 Å². The van der Waals surface area contributed by atoms with E-state index in [2.05, 4.69) is 15.0 Å². The van der Waals surface area contributed by atoms with Gasteiger partial charge in [-0.05, 0) is 45.2 Å². The molecule has 0 saturated carbocycles. The summed E-state index contributed by atoms with van der Waals surface area (Å²) in [6.07, 6.45) is 8.47. The zero-order valence-corrected chi connectivity index (χ0v) is 17.1. The first-order valence-electron chi connectivity index (χ1n) is 10.2. The van der Waals surface area contributed by atoms with E-state index in [1.54, 1.807) is 18.6 Å². The molecule has 2 amide bonds. The molecule has 152 valence electrons. The Kier molecular flexibility index (Phi) is 5.30. The number of carbonyl (C=O) groups is 2. The Hall–Kier alpha value is -2.83. The maximum atomic E-state index is 13.0. The second-order valence-electron chi connectivity index (χ2n) is 8.42. The Bertz CT molecular complexity index is 890. The van der Waals surface area contributed by atoms with Crippen molar-refractivity contribution in [1.29, 1.82) is 0 Å². The Morgan fingerprint density at radius 2 is 1.86 bits per heavy atom. The van der Waals surface area contributed by atoms with Crippen molar-refractivity contribution >= 4 is 11.8 Å². The highest BCUT2D eigenvalue weighted by atomic mass is 16.2. The molecule has 2 aromatic heterocycles. The quantitative estimate of drug-likeness (QED) is 0.801. The molecule has 1 spiro atoms. The van der Waals surface area contributed by atoms with E-state index in [4.69, 9.17) is 0 Å². The van der Waals surface area contributed by atoms with E-state index in [1.165, 1.54) is 0 Å². The fourth-order valence-corrected chi connectivity index (χ4v) is 4.43. The van der Waals surface area contributed by atoms with Crippen molar-refractivity contribution < 1.29 is 9.59 Å². The maximum absolute atomic E-state index is 13.0. The van der Waals surface area contributed by atoms with Gasteiger partial charge in [0.25, 0.3) is 5.91 Å². The second kappa shape index (κ2) is 7.89. The average Bonchev–Trinajstić information content (AvgIpc) is 2.73. The lowest BCUT2D eigenvalue weighted by Gasteiger charge is -2.48. The van der Waals surface area contributed by atoms with Gasteiger partial charge in [-0.15, -0.1) is 0 Å². The molecule has 4 rings (SSSR count). The van der Waals surface area contributed by atoms with Gasteiger partial charge in [0.05, 0.1) is 29.7 Å². The van der Waals surface area contributed by atoms with Crippen LogP contribution < -0.4 is 0 Å². The van der Waals surface area contributed by atoms with Crippen molar-refractivity contribution in [3.05, 3.63) is 53.4 Å². The minimum atomic E-state index is -0.0436. The average molecular weight is 393 g/mol. The smallest absolute Gasteiger partial charge is 0.255 e. The fourth-order valence-electron chi connectivity index (χ4n) is 4.43. The van der Waals surface area contributed by atoms with Gasteiger partial charge in [0.15, 0.2) is 0 Å². The summed E-state index contributed by atoms with van der Waals surface area (Å²) in [6.45, 7) is 6.39. The van der Waals surface area contributed by atoms with Crippen LogP contribution in [-0.4, -0.2) is 56.2 Å². The lowest BCUT2D eigenvalue weighted by atomic mass is 9.73. The summed E-state index contributed by atoms with van der Waals surface area (Å²) in [7, 11) is 0. The number of hydrogen-bond acceptors (Lipinski definition) is 5. The lowest BCUT2D eigenvalue weighted by Crippen LogP contribution is -2.54. The van der Waals surface area contributed by atoms with E-state index in [1.807, 2.05) is 35.8 Å². The molecule has 0 N–H and O–H groups in total. The second-order valence-corrected chi connectivity index (χ2v) is 8.42. The van der Waals surface area contributed by atoms with E-state index in [0.717, 1.165) is 42.9 Å². The number of amides is 2. The van der Waals surface area contributed by atoms with E-state index in [0.29, 0.717) is 31.6 Å². The van der Waals surface area contributed by atoms with Gasteiger partial charge >= 0.3 is 0 Å². The van der Waals surface area contributed by atoms with Crippen LogP contribution in [0, 0.1) is 19.3 Å². The van der Waals surface area contributed by atoms with Crippen LogP contribution in [0.4, 0.5) is 0 Å². The van der Waals surface area contributed by atoms with E-state index in [-0.39, 0.29) is 17.2 Å². The summed E-state index contributed by atoms with van der Waals surface area (Å²) in [6, 6.07) is 3.72. The van der Waals surface area contributed by atoms with Crippen molar-refractivity contribution in [2.45, 2.75) is 46.1 Å². The molecule has 0 aromatic carbocycles. The molecule has 29 heavy (non-hydrogen) atoms. The van der Waals surface area contributed by atoms with E-state index < -0.39 is 0 Å².